The molecule has 0 fully saturated rings. The van der Waals surface area contributed by atoms with Crippen LogP contribution in [0.15, 0.2) is 77.7 Å². The molecule has 3 aromatic rings. The molecule has 0 aliphatic heterocycles. The molecule has 0 atom stereocenters. The van der Waals surface area contributed by atoms with Crippen molar-refractivity contribution in [1.82, 2.24) is 4.31 Å². The van der Waals surface area contributed by atoms with Gasteiger partial charge in [0.1, 0.15) is 5.75 Å². The van der Waals surface area contributed by atoms with Crippen LogP contribution in [0.4, 0.5) is 5.69 Å². The number of carbonyl (C=O) groups excluding carboxylic acids is 1. The Kier molecular flexibility index (Phi) is 7.90. The number of ether oxygens (including phenoxy) is 1. The quantitative estimate of drug-likeness (QED) is 0.481. The first-order valence-electron chi connectivity index (χ1n) is 10.1. The zero-order valence-electron chi connectivity index (χ0n) is 17.9. The van der Waals surface area contributed by atoms with Crippen molar-refractivity contribution >= 4 is 33.2 Å². The Bertz CT molecular complexity index is 1180. The Labute approximate surface area is 193 Å². The van der Waals surface area contributed by atoms with Gasteiger partial charge in [-0.1, -0.05) is 53.6 Å². The summed E-state index contributed by atoms with van der Waals surface area (Å²) in [7, 11) is -3.95. The molecule has 3 rings (SSSR count). The number of hydrogen-bond acceptors (Lipinski definition) is 4. The highest BCUT2D eigenvalue weighted by Gasteiger charge is 2.27. The number of sulfonamides is 1. The fourth-order valence-corrected chi connectivity index (χ4v) is 4.71. The van der Waals surface area contributed by atoms with Crippen molar-refractivity contribution in [3.8, 4) is 5.75 Å². The fraction of sp³-hybridized carbons (Fsp3) is 0.208. The van der Waals surface area contributed by atoms with E-state index in [1.807, 2.05) is 38.1 Å². The van der Waals surface area contributed by atoms with Crippen LogP contribution in [0.25, 0.3) is 0 Å². The van der Waals surface area contributed by atoms with E-state index < -0.39 is 15.9 Å². The van der Waals surface area contributed by atoms with Crippen molar-refractivity contribution < 1.29 is 17.9 Å². The summed E-state index contributed by atoms with van der Waals surface area (Å²) in [4.78, 5) is 12.9. The highest BCUT2D eigenvalue weighted by atomic mass is 35.5. The van der Waals surface area contributed by atoms with E-state index >= 15 is 0 Å². The molecule has 8 heteroatoms. The monoisotopic (exact) mass is 472 g/mol. The van der Waals surface area contributed by atoms with E-state index in [0.29, 0.717) is 23.1 Å². The fourth-order valence-electron chi connectivity index (χ4n) is 3.20. The molecular formula is C24H25ClN2O4S. The average Bonchev–Trinajstić information content (AvgIpc) is 2.75. The smallest absolute Gasteiger partial charge is 0.243 e. The van der Waals surface area contributed by atoms with Crippen molar-refractivity contribution in [2.45, 2.75) is 25.3 Å². The molecule has 0 saturated carbocycles. The molecule has 0 radical (unpaired) electrons. The van der Waals surface area contributed by atoms with E-state index in [1.54, 1.807) is 24.3 Å². The average molecular weight is 473 g/mol. The van der Waals surface area contributed by atoms with Gasteiger partial charge in [0, 0.05) is 11.6 Å². The van der Waals surface area contributed by atoms with Gasteiger partial charge in [-0.3, -0.25) is 4.79 Å². The van der Waals surface area contributed by atoms with Crippen LogP contribution in [0.5, 0.6) is 5.75 Å². The molecular weight excluding hydrogens is 448 g/mol. The summed E-state index contributed by atoms with van der Waals surface area (Å²) in [5.74, 6) is 0.0523. The number of rotatable bonds is 9. The SMILES string of the molecule is CCOc1ccccc1NC(=O)CN(Cc1cccc(C)c1)S(=O)(=O)c1ccc(Cl)cc1. The van der Waals surface area contributed by atoms with Gasteiger partial charge < -0.3 is 10.1 Å². The van der Waals surface area contributed by atoms with Crippen LogP contribution in [0, 0.1) is 6.92 Å². The Morgan fingerprint density at radius 2 is 1.75 bits per heavy atom. The first-order valence-corrected chi connectivity index (χ1v) is 11.9. The molecule has 0 heterocycles. The molecule has 0 aliphatic carbocycles. The van der Waals surface area contributed by atoms with Crippen LogP contribution < -0.4 is 10.1 Å². The van der Waals surface area contributed by atoms with Gasteiger partial charge in [-0.2, -0.15) is 4.31 Å². The molecule has 32 heavy (non-hydrogen) atoms. The molecule has 0 aromatic heterocycles. The summed E-state index contributed by atoms with van der Waals surface area (Å²) in [5, 5.41) is 3.19. The number of benzene rings is 3. The van der Waals surface area contributed by atoms with Gasteiger partial charge in [0.25, 0.3) is 0 Å². The summed E-state index contributed by atoms with van der Waals surface area (Å²) in [6.07, 6.45) is 0. The lowest BCUT2D eigenvalue weighted by molar-refractivity contribution is -0.116. The van der Waals surface area contributed by atoms with Crippen LogP contribution >= 0.6 is 11.6 Å². The number of carbonyl (C=O) groups is 1. The summed E-state index contributed by atoms with van der Waals surface area (Å²) < 4.78 is 33.4. The number of nitrogens with one attached hydrogen (secondary N) is 1. The zero-order chi connectivity index (χ0) is 23.1. The van der Waals surface area contributed by atoms with Crippen LogP contribution in [-0.2, 0) is 21.4 Å². The zero-order valence-corrected chi connectivity index (χ0v) is 19.5. The molecule has 1 amide bonds. The predicted molar refractivity (Wildman–Crippen MR) is 126 cm³/mol. The third-order valence-electron chi connectivity index (χ3n) is 4.67. The van der Waals surface area contributed by atoms with E-state index in [2.05, 4.69) is 5.32 Å². The van der Waals surface area contributed by atoms with E-state index in [4.69, 9.17) is 16.3 Å². The van der Waals surface area contributed by atoms with Crippen LogP contribution in [-0.4, -0.2) is 31.8 Å². The number of nitrogens with zero attached hydrogens (tertiary/aromatic N) is 1. The second-order valence-corrected chi connectivity index (χ2v) is 9.57. The van der Waals surface area contributed by atoms with Gasteiger partial charge in [-0.05, 0) is 55.8 Å². The second-order valence-electron chi connectivity index (χ2n) is 7.19. The normalized spacial score (nSPS) is 11.4. The van der Waals surface area contributed by atoms with Gasteiger partial charge in [0.15, 0.2) is 0 Å². The summed E-state index contributed by atoms with van der Waals surface area (Å²) >= 11 is 5.92. The van der Waals surface area contributed by atoms with E-state index in [-0.39, 0.29) is 18.0 Å². The van der Waals surface area contributed by atoms with Gasteiger partial charge in [-0.15, -0.1) is 0 Å². The second kappa shape index (κ2) is 10.6. The Morgan fingerprint density at radius 3 is 2.44 bits per heavy atom. The van der Waals surface area contributed by atoms with Crippen molar-refractivity contribution in [1.29, 1.82) is 0 Å². The molecule has 0 bridgehead atoms. The lowest BCUT2D eigenvalue weighted by Crippen LogP contribution is -2.37. The highest BCUT2D eigenvalue weighted by molar-refractivity contribution is 7.89. The molecule has 3 aromatic carbocycles. The molecule has 168 valence electrons. The Morgan fingerprint density at radius 1 is 1.03 bits per heavy atom. The minimum atomic E-state index is -3.95. The van der Waals surface area contributed by atoms with Gasteiger partial charge in [0.05, 0.1) is 23.7 Å². The maximum absolute atomic E-state index is 13.4. The van der Waals surface area contributed by atoms with Gasteiger partial charge in [-0.25, -0.2) is 8.42 Å². The first kappa shape index (κ1) is 23.8. The predicted octanol–water partition coefficient (Wildman–Crippen LogP) is 4.88. The molecule has 0 unspecified atom stereocenters. The van der Waals surface area contributed by atoms with Crippen LogP contribution in [0.2, 0.25) is 5.02 Å². The number of para-hydroxylation sites is 2. The Balaban J connectivity index is 1.88. The van der Waals surface area contributed by atoms with Crippen molar-refractivity contribution in [2.75, 3.05) is 18.5 Å². The van der Waals surface area contributed by atoms with E-state index in [1.165, 1.54) is 24.3 Å². The molecule has 0 saturated heterocycles. The molecule has 0 aliphatic rings. The van der Waals surface area contributed by atoms with E-state index in [9.17, 15) is 13.2 Å². The minimum absolute atomic E-state index is 0.0488. The van der Waals surface area contributed by atoms with Crippen LogP contribution in [0.3, 0.4) is 0 Å². The van der Waals surface area contributed by atoms with Crippen LogP contribution in [0.1, 0.15) is 18.1 Å². The summed E-state index contributed by atoms with van der Waals surface area (Å²) in [5.41, 5.74) is 2.27. The lowest BCUT2D eigenvalue weighted by Gasteiger charge is -2.22. The molecule has 1 N–H and O–H groups in total. The van der Waals surface area contributed by atoms with Crippen molar-refractivity contribution in [3.05, 3.63) is 88.9 Å². The Hall–Kier alpha value is -2.87. The maximum atomic E-state index is 13.4. The minimum Gasteiger partial charge on any atom is -0.492 e. The maximum Gasteiger partial charge on any atom is 0.243 e. The number of anilines is 1. The lowest BCUT2D eigenvalue weighted by atomic mass is 10.1. The number of hydrogen-bond donors (Lipinski definition) is 1. The first-order chi connectivity index (χ1) is 15.3. The highest BCUT2D eigenvalue weighted by Crippen LogP contribution is 2.25. The molecule has 6 nitrogen and oxygen atoms in total. The van der Waals surface area contributed by atoms with Crippen molar-refractivity contribution in [3.63, 3.8) is 0 Å². The standard InChI is InChI=1S/C24H25ClN2O4S/c1-3-31-23-10-5-4-9-22(23)26-24(28)17-27(16-19-8-6-7-18(2)15-19)32(29,30)21-13-11-20(25)12-14-21/h4-15H,3,16-17H2,1-2H3,(H,26,28). The van der Waals surface area contributed by atoms with E-state index in [0.717, 1.165) is 15.4 Å². The largest absolute Gasteiger partial charge is 0.492 e. The number of halogens is 1. The van der Waals surface area contributed by atoms with Crippen molar-refractivity contribution in [2.24, 2.45) is 0 Å². The summed E-state index contributed by atoms with van der Waals surface area (Å²) in [6, 6.07) is 20.4. The number of aryl methyl sites for hydroxylation is 1. The summed E-state index contributed by atoms with van der Waals surface area (Å²) in [6.45, 7) is 3.91. The third-order valence-corrected chi connectivity index (χ3v) is 6.73. The molecule has 0 spiro atoms. The topological polar surface area (TPSA) is 75.7 Å². The number of amides is 1. The van der Waals surface area contributed by atoms with Gasteiger partial charge in [0.2, 0.25) is 15.9 Å². The third kappa shape index (κ3) is 6.09. The van der Waals surface area contributed by atoms with Gasteiger partial charge >= 0.3 is 0 Å².